The first-order valence-electron chi connectivity index (χ1n) is 6.32. The Morgan fingerprint density at radius 1 is 1.40 bits per heavy atom. The molecule has 5 heteroatoms. The largest absolute Gasteiger partial charge is 0.478 e. The van der Waals surface area contributed by atoms with Crippen LogP contribution in [0.5, 0.6) is 0 Å². The van der Waals surface area contributed by atoms with E-state index < -0.39 is 5.97 Å². The van der Waals surface area contributed by atoms with E-state index in [9.17, 15) is 9.59 Å². The summed E-state index contributed by atoms with van der Waals surface area (Å²) in [5, 5.41) is 11.7. The molecule has 0 aromatic heterocycles. The number of carbonyl (C=O) groups excluding carboxylic acids is 1. The van der Waals surface area contributed by atoms with Crippen LogP contribution in [-0.2, 0) is 9.53 Å². The molecular weight excluding hydrogens is 258 g/mol. The fraction of sp³-hybridized carbons (Fsp3) is 0.333. The number of carbonyl (C=O) groups is 2. The normalized spacial score (nSPS) is 16.7. The van der Waals surface area contributed by atoms with Crippen molar-refractivity contribution in [3.63, 3.8) is 0 Å². The van der Waals surface area contributed by atoms with Crippen LogP contribution in [-0.4, -0.2) is 30.2 Å². The number of hydrogen-bond donors (Lipinski definition) is 2. The number of aromatic carboxylic acids is 1. The van der Waals surface area contributed by atoms with E-state index in [1.807, 2.05) is 13.0 Å². The molecule has 0 spiro atoms. The molecule has 20 heavy (non-hydrogen) atoms. The molecule has 1 aromatic rings. The second-order valence-electron chi connectivity index (χ2n) is 5.30. The molecule has 2 rings (SSSR count). The number of carboxylic acid groups (broad SMARTS) is 1. The maximum Gasteiger partial charge on any atom is 0.336 e. The van der Waals surface area contributed by atoms with E-state index in [1.54, 1.807) is 19.1 Å². The Morgan fingerprint density at radius 2 is 2.10 bits per heavy atom. The van der Waals surface area contributed by atoms with Crippen molar-refractivity contribution in [1.29, 1.82) is 0 Å². The maximum atomic E-state index is 11.8. The Hall–Kier alpha value is -2.14. The quantitative estimate of drug-likeness (QED) is 0.826. The van der Waals surface area contributed by atoms with Crippen LogP contribution in [0.15, 0.2) is 30.4 Å². The number of nitrogens with one attached hydrogen (secondary N) is 1. The van der Waals surface area contributed by atoms with E-state index >= 15 is 0 Å². The molecule has 1 aliphatic rings. The van der Waals surface area contributed by atoms with Gasteiger partial charge in [-0.25, -0.2) is 4.79 Å². The second-order valence-corrected chi connectivity index (χ2v) is 5.30. The molecule has 2 N–H and O–H groups in total. The zero-order chi connectivity index (χ0) is 14.8. The fourth-order valence-electron chi connectivity index (χ4n) is 1.91. The van der Waals surface area contributed by atoms with Crippen LogP contribution in [0.4, 0.5) is 5.69 Å². The number of ether oxygens (including phenoxy) is 1. The van der Waals surface area contributed by atoms with Crippen LogP contribution in [0.25, 0.3) is 0 Å². The highest BCUT2D eigenvalue weighted by molar-refractivity contribution is 6.00. The molecule has 5 nitrogen and oxygen atoms in total. The summed E-state index contributed by atoms with van der Waals surface area (Å²) in [5.74, 6) is -1.29. The number of anilines is 1. The lowest BCUT2D eigenvalue weighted by Gasteiger charge is -2.35. The lowest BCUT2D eigenvalue weighted by atomic mass is 9.88. The van der Waals surface area contributed by atoms with Crippen molar-refractivity contribution in [2.75, 3.05) is 18.5 Å². The van der Waals surface area contributed by atoms with Gasteiger partial charge in [-0.2, -0.15) is 0 Å². The number of hydrogen-bond acceptors (Lipinski definition) is 3. The Balaban J connectivity index is 2.04. The van der Waals surface area contributed by atoms with E-state index in [4.69, 9.17) is 9.84 Å². The van der Waals surface area contributed by atoms with Gasteiger partial charge >= 0.3 is 5.97 Å². The summed E-state index contributed by atoms with van der Waals surface area (Å²) < 4.78 is 5.10. The van der Waals surface area contributed by atoms with Crippen molar-refractivity contribution in [3.8, 4) is 0 Å². The molecule has 106 valence electrons. The Labute approximate surface area is 117 Å². The van der Waals surface area contributed by atoms with Crippen LogP contribution in [0, 0.1) is 12.3 Å². The van der Waals surface area contributed by atoms with Crippen molar-refractivity contribution in [2.45, 2.75) is 13.8 Å². The van der Waals surface area contributed by atoms with Gasteiger partial charge < -0.3 is 15.2 Å². The van der Waals surface area contributed by atoms with E-state index in [1.165, 1.54) is 12.1 Å². The van der Waals surface area contributed by atoms with Crippen molar-refractivity contribution in [2.24, 2.45) is 5.41 Å². The predicted octanol–water partition coefficient (Wildman–Crippen LogP) is 2.22. The lowest BCUT2D eigenvalue weighted by Crippen LogP contribution is -2.37. The Morgan fingerprint density at radius 3 is 2.65 bits per heavy atom. The zero-order valence-corrected chi connectivity index (χ0v) is 11.5. The third-order valence-corrected chi connectivity index (χ3v) is 3.24. The van der Waals surface area contributed by atoms with Gasteiger partial charge in [0.15, 0.2) is 0 Å². The first-order valence-corrected chi connectivity index (χ1v) is 6.32. The van der Waals surface area contributed by atoms with Crippen molar-refractivity contribution < 1.29 is 19.4 Å². The predicted molar refractivity (Wildman–Crippen MR) is 74.8 cm³/mol. The van der Waals surface area contributed by atoms with Gasteiger partial charge in [0.2, 0.25) is 5.91 Å². The van der Waals surface area contributed by atoms with Crippen LogP contribution in [0.2, 0.25) is 0 Å². The van der Waals surface area contributed by atoms with Gasteiger partial charge in [0.25, 0.3) is 0 Å². The molecule has 1 heterocycles. The van der Waals surface area contributed by atoms with Crippen LogP contribution < -0.4 is 5.32 Å². The Kier molecular flexibility index (Phi) is 3.90. The molecule has 0 atom stereocenters. The third kappa shape index (κ3) is 3.24. The smallest absolute Gasteiger partial charge is 0.336 e. The summed E-state index contributed by atoms with van der Waals surface area (Å²) in [4.78, 5) is 22.8. The van der Waals surface area contributed by atoms with E-state index in [2.05, 4.69) is 5.32 Å². The van der Waals surface area contributed by atoms with Crippen molar-refractivity contribution in [3.05, 3.63) is 41.5 Å². The van der Waals surface area contributed by atoms with Gasteiger partial charge in [-0.3, -0.25) is 4.79 Å². The molecule has 1 aliphatic heterocycles. The van der Waals surface area contributed by atoms with Gasteiger partial charge in [-0.05, 0) is 30.7 Å². The number of amides is 1. The molecule has 0 bridgehead atoms. The van der Waals surface area contributed by atoms with E-state index in [0.29, 0.717) is 24.5 Å². The topological polar surface area (TPSA) is 75.6 Å². The highest BCUT2D eigenvalue weighted by atomic mass is 16.5. The van der Waals surface area contributed by atoms with Gasteiger partial charge in [0.1, 0.15) is 0 Å². The monoisotopic (exact) mass is 275 g/mol. The number of benzene rings is 1. The minimum Gasteiger partial charge on any atom is -0.478 e. The molecule has 1 saturated heterocycles. The average Bonchev–Trinajstić information content (AvgIpc) is 2.36. The van der Waals surface area contributed by atoms with Gasteiger partial charge in [-0.1, -0.05) is 19.1 Å². The minimum absolute atomic E-state index is 0.0726. The summed E-state index contributed by atoms with van der Waals surface area (Å²) in [7, 11) is 0. The molecule has 0 aliphatic carbocycles. The van der Waals surface area contributed by atoms with Crippen molar-refractivity contribution in [1.82, 2.24) is 0 Å². The number of aryl methyl sites for hydroxylation is 1. The molecule has 1 amide bonds. The maximum absolute atomic E-state index is 11.8. The summed E-state index contributed by atoms with van der Waals surface area (Å²) in [6.45, 7) is 4.95. The van der Waals surface area contributed by atoms with Gasteiger partial charge in [0, 0.05) is 11.1 Å². The highest BCUT2D eigenvalue weighted by Gasteiger charge is 2.30. The molecule has 1 aromatic carbocycles. The first-order chi connectivity index (χ1) is 9.39. The lowest BCUT2D eigenvalue weighted by molar-refractivity contribution is -0.112. The van der Waals surface area contributed by atoms with Crippen LogP contribution in [0.1, 0.15) is 22.8 Å². The van der Waals surface area contributed by atoms with Crippen LogP contribution in [0.3, 0.4) is 0 Å². The zero-order valence-electron chi connectivity index (χ0n) is 11.5. The van der Waals surface area contributed by atoms with Gasteiger partial charge in [0.05, 0.1) is 18.8 Å². The summed E-state index contributed by atoms with van der Waals surface area (Å²) >= 11 is 0. The highest BCUT2D eigenvalue weighted by Crippen LogP contribution is 2.27. The Bertz CT molecular complexity index is 573. The van der Waals surface area contributed by atoms with E-state index in [-0.39, 0.29) is 16.9 Å². The molecule has 0 radical (unpaired) electrons. The standard InChI is InChI=1S/C15H17NO4/c1-10-3-4-11(7-12(10)14(18)19)16-13(17)5-6-15(2)8-20-9-15/h3-7H,8-9H2,1-2H3,(H,16,17)(H,18,19)/b6-5+. The second kappa shape index (κ2) is 5.46. The molecule has 0 saturated carbocycles. The summed E-state index contributed by atoms with van der Waals surface area (Å²) in [6.07, 6.45) is 3.28. The third-order valence-electron chi connectivity index (χ3n) is 3.24. The molecule has 0 unspecified atom stereocenters. The minimum atomic E-state index is -1.01. The molecule has 1 fully saturated rings. The summed E-state index contributed by atoms with van der Waals surface area (Å²) in [6, 6.07) is 4.81. The van der Waals surface area contributed by atoms with Crippen molar-refractivity contribution >= 4 is 17.6 Å². The molecular formula is C15H17NO4. The van der Waals surface area contributed by atoms with E-state index in [0.717, 1.165) is 0 Å². The first kappa shape index (κ1) is 14.3. The number of rotatable bonds is 4. The summed E-state index contributed by atoms with van der Waals surface area (Å²) in [5.41, 5.74) is 1.24. The fourth-order valence-corrected chi connectivity index (χ4v) is 1.91. The van der Waals surface area contributed by atoms with Crippen LogP contribution >= 0.6 is 0 Å². The number of carboxylic acids is 1. The van der Waals surface area contributed by atoms with Gasteiger partial charge in [-0.15, -0.1) is 0 Å². The average molecular weight is 275 g/mol. The SMILES string of the molecule is Cc1ccc(NC(=O)/C=C/C2(C)COC2)cc1C(=O)O.